The number of aromatic amines is 1. The minimum Gasteiger partial charge on any atom is -0.507 e. The lowest BCUT2D eigenvalue weighted by Crippen LogP contribution is -1.89. The van der Waals surface area contributed by atoms with Gasteiger partial charge in [-0.25, -0.2) is 4.39 Å². The Hall–Kier alpha value is -2.04. The topological polar surface area (TPSA) is 74.9 Å². The molecule has 0 aliphatic heterocycles. The van der Waals surface area contributed by atoms with Crippen LogP contribution in [-0.2, 0) is 0 Å². The van der Waals surface area contributed by atoms with E-state index in [4.69, 9.17) is 5.73 Å². The summed E-state index contributed by atoms with van der Waals surface area (Å²) in [5.41, 5.74) is 6.33. The molecular formula is C10H10FN3O. The number of H-pyrrole nitrogens is 1. The Kier molecular flexibility index (Phi) is 2.07. The van der Waals surface area contributed by atoms with Gasteiger partial charge in [0.25, 0.3) is 0 Å². The van der Waals surface area contributed by atoms with Crippen molar-refractivity contribution in [1.82, 2.24) is 10.2 Å². The van der Waals surface area contributed by atoms with E-state index in [1.165, 1.54) is 18.2 Å². The predicted octanol–water partition coefficient (Wildman–Crippen LogP) is 1.81. The molecule has 4 N–H and O–H groups in total. The maximum absolute atomic E-state index is 13.7. The van der Waals surface area contributed by atoms with Gasteiger partial charge >= 0.3 is 0 Å². The van der Waals surface area contributed by atoms with Crippen molar-refractivity contribution >= 4 is 5.82 Å². The molecule has 0 spiro atoms. The SMILES string of the molecule is Cc1ccc(O)c(-c2cc(N)n[nH]2)c1F. The normalized spacial score (nSPS) is 10.5. The molecule has 2 aromatic rings. The highest BCUT2D eigenvalue weighted by atomic mass is 19.1. The fourth-order valence-electron chi connectivity index (χ4n) is 1.39. The van der Waals surface area contributed by atoms with Gasteiger partial charge in [-0.3, -0.25) is 5.10 Å². The quantitative estimate of drug-likeness (QED) is 0.667. The number of aromatic hydroxyl groups is 1. The summed E-state index contributed by atoms with van der Waals surface area (Å²) >= 11 is 0. The van der Waals surface area contributed by atoms with Crippen LogP contribution in [0, 0.1) is 12.7 Å². The van der Waals surface area contributed by atoms with Gasteiger partial charge in [-0.2, -0.15) is 5.10 Å². The number of benzene rings is 1. The second-order valence-electron chi connectivity index (χ2n) is 3.30. The first-order valence-electron chi connectivity index (χ1n) is 4.39. The number of hydrogen-bond acceptors (Lipinski definition) is 3. The van der Waals surface area contributed by atoms with Crippen molar-refractivity contribution in [3.63, 3.8) is 0 Å². The smallest absolute Gasteiger partial charge is 0.145 e. The maximum atomic E-state index is 13.7. The van der Waals surface area contributed by atoms with Crippen LogP contribution >= 0.6 is 0 Å². The zero-order valence-corrected chi connectivity index (χ0v) is 8.08. The summed E-state index contributed by atoms with van der Waals surface area (Å²) in [5, 5.41) is 15.8. The van der Waals surface area contributed by atoms with Crippen LogP contribution < -0.4 is 5.73 Å². The molecule has 0 amide bonds. The van der Waals surface area contributed by atoms with E-state index in [2.05, 4.69) is 10.2 Å². The third-order valence-electron chi connectivity index (χ3n) is 2.18. The fraction of sp³-hybridized carbons (Fsp3) is 0.100. The number of hydrogen-bond donors (Lipinski definition) is 3. The molecule has 0 bridgehead atoms. The van der Waals surface area contributed by atoms with Gasteiger partial charge in [-0.1, -0.05) is 6.07 Å². The van der Waals surface area contributed by atoms with Crippen molar-refractivity contribution in [2.45, 2.75) is 6.92 Å². The number of halogens is 1. The summed E-state index contributed by atoms with van der Waals surface area (Å²) < 4.78 is 13.7. The summed E-state index contributed by atoms with van der Waals surface area (Å²) in [4.78, 5) is 0. The van der Waals surface area contributed by atoms with E-state index in [1.54, 1.807) is 6.92 Å². The van der Waals surface area contributed by atoms with E-state index < -0.39 is 5.82 Å². The van der Waals surface area contributed by atoms with Gasteiger partial charge < -0.3 is 10.8 Å². The number of aromatic nitrogens is 2. The van der Waals surface area contributed by atoms with Gasteiger partial charge in [0, 0.05) is 6.07 Å². The molecule has 1 heterocycles. The number of anilines is 1. The number of phenols is 1. The fourth-order valence-corrected chi connectivity index (χ4v) is 1.39. The van der Waals surface area contributed by atoms with E-state index in [0.717, 1.165) is 0 Å². The van der Waals surface area contributed by atoms with Gasteiger partial charge in [-0.15, -0.1) is 0 Å². The second kappa shape index (κ2) is 3.27. The lowest BCUT2D eigenvalue weighted by Gasteiger charge is -2.05. The Morgan fingerprint density at radius 3 is 2.80 bits per heavy atom. The molecule has 1 aromatic heterocycles. The van der Waals surface area contributed by atoms with Crippen LogP contribution in [0.15, 0.2) is 18.2 Å². The number of rotatable bonds is 1. The molecule has 5 heteroatoms. The monoisotopic (exact) mass is 207 g/mol. The average Bonchev–Trinajstić information content (AvgIpc) is 2.59. The molecule has 0 saturated heterocycles. The van der Waals surface area contributed by atoms with Gasteiger partial charge in [0.05, 0.1) is 11.3 Å². The molecule has 0 radical (unpaired) electrons. The van der Waals surface area contributed by atoms with E-state index in [1.807, 2.05) is 0 Å². The molecule has 0 atom stereocenters. The molecule has 0 fully saturated rings. The first kappa shape index (κ1) is 9.51. The average molecular weight is 207 g/mol. The van der Waals surface area contributed by atoms with Crippen molar-refractivity contribution in [2.75, 3.05) is 5.73 Å². The largest absolute Gasteiger partial charge is 0.507 e. The third kappa shape index (κ3) is 1.52. The molecule has 0 aliphatic carbocycles. The summed E-state index contributed by atoms with van der Waals surface area (Å²) in [6, 6.07) is 4.41. The Balaban J connectivity index is 2.66. The lowest BCUT2D eigenvalue weighted by molar-refractivity contribution is 0.471. The number of nitrogens with two attached hydrogens (primary N) is 1. The van der Waals surface area contributed by atoms with Gasteiger partial charge in [0.15, 0.2) is 0 Å². The summed E-state index contributed by atoms with van der Waals surface area (Å²) in [7, 11) is 0. The first-order chi connectivity index (χ1) is 7.09. The highest BCUT2D eigenvalue weighted by Crippen LogP contribution is 2.32. The van der Waals surface area contributed by atoms with Crippen LogP contribution in [0.3, 0.4) is 0 Å². The molecule has 78 valence electrons. The van der Waals surface area contributed by atoms with Crippen LogP contribution in [0.5, 0.6) is 5.75 Å². The molecule has 15 heavy (non-hydrogen) atoms. The Morgan fingerprint density at radius 1 is 1.47 bits per heavy atom. The van der Waals surface area contributed by atoms with Crippen molar-refractivity contribution in [3.05, 3.63) is 29.6 Å². The molecule has 2 rings (SSSR count). The zero-order valence-electron chi connectivity index (χ0n) is 8.08. The Labute approximate surface area is 85.6 Å². The standard InChI is InChI=1S/C10H10FN3O/c1-5-2-3-7(15)9(10(5)11)6-4-8(12)14-13-6/h2-4,15H,1H3,(H3,12,13,14). The van der Waals surface area contributed by atoms with Crippen LogP contribution in [0.1, 0.15) is 5.56 Å². The van der Waals surface area contributed by atoms with Gasteiger partial charge in [0.1, 0.15) is 17.4 Å². The first-order valence-corrected chi connectivity index (χ1v) is 4.39. The number of aryl methyl sites for hydroxylation is 1. The molecular weight excluding hydrogens is 197 g/mol. The highest BCUT2D eigenvalue weighted by Gasteiger charge is 2.14. The van der Waals surface area contributed by atoms with E-state index >= 15 is 0 Å². The van der Waals surface area contributed by atoms with Crippen molar-refractivity contribution in [2.24, 2.45) is 0 Å². The summed E-state index contributed by atoms with van der Waals surface area (Å²) in [6.45, 7) is 1.62. The van der Waals surface area contributed by atoms with Crippen LogP contribution in [0.25, 0.3) is 11.3 Å². The molecule has 0 aliphatic rings. The van der Waals surface area contributed by atoms with E-state index in [0.29, 0.717) is 11.3 Å². The van der Waals surface area contributed by atoms with Gasteiger partial charge in [0.2, 0.25) is 0 Å². The summed E-state index contributed by atoms with van der Waals surface area (Å²) in [5.74, 6) is -0.356. The van der Waals surface area contributed by atoms with Crippen molar-refractivity contribution in [3.8, 4) is 17.0 Å². The number of nitrogens with zero attached hydrogens (tertiary/aromatic N) is 1. The molecule has 1 aromatic carbocycles. The summed E-state index contributed by atoms with van der Waals surface area (Å²) in [6.07, 6.45) is 0. The zero-order chi connectivity index (χ0) is 11.0. The number of nitrogen functional groups attached to an aromatic ring is 1. The Morgan fingerprint density at radius 2 is 2.20 bits per heavy atom. The second-order valence-corrected chi connectivity index (χ2v) is 3.30. The van der Waals surface area contributed by atoms with Crippen LogP contribution in [0.2, 0.25) is 0 Å². The van der Waals surface area contributed by atoms with E-state index in [9.17, 15) is 9.50 Å². The third-order valence-corrected chi connectivity index (χ3v) is 2.18. The predicted molar refractivity (Wildman–Crippen MR) is 54.8 cm³/mol. The van der Waals surface area contributed by atoms with Crippen molar-refractivity contribution < 1.29 is 9.50 Å². The number of nitrogens with one attached hydrogen (secondary N) is 1. The van der Waals surface area contributed by atoms with E-state index in [-0.39, 0.29) is 17.1 Å². The van der Waals surface area contributed by atoms with Gasteiger partial charge in [-0.05, 0) is 18.6 Å². The minimum absolute atomic E-state index is 0.0965. The molecule has 0 unspecified atom stereocenters. The lowest BCUT2D eigenvalue weighted by atomic mass is 10.1. The van der Waals surface area contributed by atoms with Crippen LogP contribution in [0.4, 0.5) is 10.2 Å². The number of phenolic OH excluding ortho intramolecular Hbond substituents is 1. The maximum Gasteiger partial charge on any atom is 0.145 e. The molecule has 4 nitrogen and oxygen atoms in total. The minimum atomic E-state index is -0.473. The molecule has 0 saturated carbocycles. The van der Waals surface area contributed by atoms with Crippen molar-refractivity contribution in [1.29, 1.82) is 0 Å². The Bertz CT molecular complexity index is 507. The highest BCUT2D eigenvalue weighted by molar-refractivity contribution is 5.70. The van der Waals surface area contributed by atoms with Crippen LogP contribution in [-0.4, -0.2) is 15.3 Å².